The minimum Gasteiger partial charge on any atom is -0.493 e. The molecule has 0 N–H and O–H groups in total. The minimum absolute atomic E-state index is 0.249. The van der Waals surface area contributed by atoms with Gasteiger partial charge < -0.3 is 19.1 Å². The third-order valence-electron chi connectivity index (χ3n) is 4.03. The molecule has 0 aliphatic carbocycles. The van der Waals surface area contributed by atoms with Gasteiger partial charge in [-0.15, -0.1) is 0 Å². The van der Waals surface area contributed by atoms with Gasteiger partial charge in [-0.1, -0.05) is 0 Å². The number of likely N-dealkylation sites (tertiary alicyclic amines) is 1. The molecular formula is C19H26N2O4. The van der Waals surface area contributed by atoms with Crippen molar-refractivity contribution >= 4 is 6.09 Å². The van der Waals surface area contributed by atoms with Crippen LogP contribution in [0.4, 0.5) is 4.79 Å². The van der Waals surface area contributed by atoms with Crippen LogP contribution in [0.5, 0.6) is 11.5 Å². The van der Waals surface area contributed by atoms with Crippen LogP contribution in [0.2, 0.25) is 0 Å². The van der Waals surface area contributed by atoms with Gasteiger partial charge in [0.15, 0.2) is 11.5 Å². The number of nitrogens with zero attached hydrogens (tertiary/aromatic N) is 2. The number of nitriles is 1. The van der Waals surface area contributed by atoms with Gasteiger partial charge in [0.25, 0.3) is 0 Å². The number of methoxy groups -OCH3 is 1. The number of piperidine rings is 1. The Labute approximate surface area is 149 Å². The lowest BCUT2D eigenvalue weighted by Crippen LogP contribution is -2.42. The number of benzene rings is 1. The number of hydrogen-bond donors (Lipinski definition) is 0. The molecule has 0 radical (unpaired) electrons. The fourth-order valence-corrected chi connectivity index (χ4v) is 2.67. The molecule has 0 spiro atoms. The van der Waals surface area contributed by atoms with E-state index in [1.807, 2.05) is 20.8 Å². The number of amides is 1. The fourth-order valence-electron chi connectivity index (χ4n) is 2.67. The number of carbonyl (C=O) groups excluding carboxylic acids is 1. The van der Waals surface area contributed by atoms with Crippen LogP contribution < -0.4 is 9.47 Å². The zero-order valence-electron chi connectivity index (χ0n) is 15.4. The smallest absolute Gasteiger partial charge is 0.410 e. The molecule has 0 unspecified atom stereocenters. The molecule has 0 atom stereocenters. The first-order valence-electron chi connectivity index (χ1n) is 8.51. The molecule has 1 aliphatic rings. The van der Waals surface area contributed by atoms with E-state index in [1.165, 1.54) is 0 Å². The summed E-state index contributed by atoms with van der Waals surface area (Å²) in [6.45, 7) is 7.52. The van der Waals surface area contributed by atoms with Crippen LogP contribution in [0.15, 0.2) is 18.2 Å². The Morgan fingerprint density at radius 2 is 1.96 bits per heavy atom. The average Bonchev–Trinajstić information content (AvgIpc) is 2.58. The third kappa shape index (κ3) is 5.56. The maximum absolute atomic E-state index is 12.1. The van der Waals surface area contributed by atoms with Gasteiger partial charge >= 0.3 is 6.09 Å². The van der Waals surface area contributed by atoms with E-state index >= 15 is 0 Å². The molecule has 6 nitrogen and oxygen atoms in total. The molecule has 1 aromatic rings. The highest BCUT2D eigenvalue weighted by molar-refractivity contribution is 5.68. The average molecular weight is 346 g/mol. The van der Waals surface area contributed by atoms with Gasteiger partial charge in [-0.3, -0.25) is 0 Å². The highest BCUT2D eigenvalue weighted by Crippen LogP contribution is 2.29. The van der Waals surface area contributed by atoms with Crippen molar-refractivity contribution in [2.45, 2.75) is 39.2 Å². The van der Waals surface area contributed by atoms with Gasteiger partial charge in [0.05, 0.1) is 25.3 Å². The lowest BCUT2D eigenvalue weighted by atomic mass is 9.98. The minimum atomic E-state index is -0.469. The van der Waals surface area contributed by atoms with Crippen molar-refractivity contribution < 1.29 is 19.0 Å². The molecular weight excluding hydrogens is 320 g/mol. The maximum atomic E-state index is 12.1. The molecule has 0 bridgehead atoms. The van der Waals surface area contributed by atoms with Crippen molar-refractivity contribution in [3.05, 3.63) is 23.8 Å². The summed E-state index contributed by atoms with van der Waals surface area (Å²) in [5.74, 6) is 1.57. The van der Waals surface area contributed by atoms with E-state index in [1.54, 1.807) is 30.2 Å². The Bertz CT molecular complexity index is 638. The van der Waals surface area contributed by atoms with Crippen LogP contribution in [0.1, 0.15) is 39.2 Å². The third-order valence-corrected chi connectivity index (χ3v) is 4.03. The Hall–Kier alpha value is -2.42. The van der Waals surface area contributed by atoms with E-state index < -0.39 is 5.60 Å². The van der Waals surface area contributed by atoms with Crippen LogP contribution in [-0.4, -0.2) is 43.4 Å². The normalized spacial score (nSPS) is 15.4. The second kappa shape index (κ2) is 8.11. The van der Waals surface area contributed by atoms with E-state index in [0.717, 1.165) is 12.8 Å². The quantitative estimate of drug-likeness (QED) is 0.833. The number of carbonyl (C=O) groups is 1. The predicted octanol–water partition coefficient (Wildman–Crippen LogP) is 3.59. The largest absolute Gasteiger partial charge is 0.493 e. The van der Waals surface area contributed by atoms with Crippen LogP contribution in [0.3, 0.4) is 0 Å². The summed E-state index contributed by atoms with van der Waals surface area (Å²) in [7, 11) is 1.56. The van der Waals surface area contributed by atoms with Crippen molar-refractivity contribution in [3.63, 3.8) is 0 Å². The van der Waals surface area contributed by atoms with E-state index in [2.05, 4.69) is 6.07 Å². The van der Waals surface area contributed by atoms with Crippen LogP contribution >= 0.6 is 0 Å². The molecule has 0 aromatic heterocycles. The van der Waals surface area contributed by atoms with Gasteiger partial charge in [0, 0.05) is 19.2 Å². The first kappa shape index (κ1) is 18.9. The van der Waals surface area contributed by atoms with E-state index in [-0.39, 0.29) is 6.09 Å². The summed E-state index contributed by atoms with van der Waals surface area (Å²) in [6, 6.07) is 7.22. The van der Waals surface area contributed by atoms with Gasteiger partial charge in [-0.05, 0) is 51.7 Å². The lowest BCUT2D eigenvalue weighted by Gasteiger charge is -2.33. The second-order valence-corrected chi connectivity index (χ2v) is 7.20. The maximum Gasteiger partial charge on any atom is 0.410 e. The zero-order chi connectivity index (χ0) is 18.4. The van der Waals surface area contributed by atoms with Gasteiger partial charge in [-0.2, -0.15) is 5.26 Å². The van der Waals surface area contributed by atoms with E-state index in [9.17, 15) is 4.79 Å². The van der Waals surface area contributed by atoms with Crippen molar-refractivity contribution in [1.29, 1.82) is 5.26 Å². The number of hydrogen-bond acceptors (Lipinski definition) is 5. The van der Waals surface area contributed by atoms with Crippen LogP contribution in [0, 0.1) is 17.2 Å². The Balaban J connectivity index is 1.83. The van der Waals surface area contributed by atoms with E-state index in [0.29, 0.717) is 42.7 Å². The molecule has 6 heteroatoms. The van der Waals surface area contributed by atoms with Gasteiger partial charge in [-0.25, -0.2) is 4.79 Å². The zero-order valence-corrected chi connectivity index (χ0v) is 15.4. The molecule has 1 saturated heterocycles. The molecule has 136 valence electrons. The number of ether oxygens (including phenoxy) is 3. The molecule has 1 amide bonds. The topological polar surface area (TPSA) is 71.8 Å². The SMILES string of the molecule is COc1cc(C#N)ccc1OCC1CCN(C(=O)OC(C)(C)C)CC1. The first-order chi connectivity index (χ1) is 11.8. The lowest BCUT2D eigenvalue weighted by molar-refractivity contribution is 0.0164. The van der Waals surface area contributed by atoms with Crippen molar-refractivity contribution in [2.75, 3.05) is 26.8 Å². The Kier molecular flexibility index (Phi) is 6.13. The molecule has 1 aromatic carbocycles. The highest BCUT2D eigenvalue weighted by atomic mass is 16.6. The van der Waals surface area contributed by atoms with Crippen LogP contribution in [0.25, 0.3) is 0 Å². The summed E-state index contributed by atoms with van der Waals surface area (Å²) >= 11 is 0. The molecule has 0 saturated carbocycles. The molecule has 1 heterocycles. The first-order valence-corrected chi connectivity index (χ1v) is 8.51. The van der Waals surface area contributed by atoms with E-state index in [4.69, 9.17) is 19.5 Å². The van der Waals surface area contributed by atoms with Crippen molar-refractivity contribution in [2.24, 2.45) is 5.92 Å². The van der Waals surface area contributed by atoms with Crippen molar-refractivity contribution in [1.82, 2.24) is 4.90 Å². The standard InChI is InChI=1S/C19H26N2O4/c1-19(2,3)25-18(22)21-9-7-14(8-10-21)13-24-16-6-5-15(12-20)11-17(16)23-4/h5-6,11,14H,7-10,13H2,1-4H3. The summed E-state index contributed by atoms with van der Waals surface area (Å²) in [5.41, 5.74) is 0.0679. The summed E-state index contributed by atoms with van der Waals surface area (Å²) in [6.07, 6.45) is 1.50. The van der Waals surface area contributed by atoms with Crippen LogP contribution in [-0.2, 0) is 4.74 Å². The van der Waals surface area contributed by atoms with Crippen molar-refractivity contribution in [3.8, 4) is 17.6 Å². The monoisotopic (exact) mass is 346 g/mol. The fraction of sp³-hybridized carbons (Fsp3) is 0.579. The Morgan fingerprint density at radius 3 is 2.52 bits per heavy atom. The Morgan fingerprint density at radius 1 is 1.28 bits per heavy atom. The summed E-state index contributed by atoms with van der Waals surface area (Å²) < 4.78 is 16.6. The highest BCUT2D eigenvalue weighted by Gasteiger charge is 2.27. The summed E-state index contributed by atoms with van der Waals surface area (Å²) in [4.78, 5) is 13.8. The predicted molar refractivity (Wildman–Crippen MR) is 93.7 cm³/mol. The second-order valence-electron chi connectivity index (χ2n) is 7.20. The number of rotatable bonds is 4. The molecule has 1 aliphatic heterocycles. The molecule has 2 rings (SSSR count). The molecule has 25 heavy (non-hydrogen) atoms. The summed E-state index contributed by atoms with van der Waals surface area (Å²) in [5, 5.41) is 8.93. The van der Waals surface area contributed by atoms with Gasteiger partial charge in [0.2, 0.25) is 0 Å². The van der Waals surface area contributed by atoms with Gasteiger partial charge in [0.1, 0.15) is 5.60 Å². The molecule has 1 fully saturated rings.